The van der Waals surface area contributed by atoms with Crippen molar-refractivity contribution >= 4 is 29.1 Å². The summed E-state index contributed by atoms with van der Waals surface area (Å²) in [6, 6.07) is 5.37. The molecule has 0 aromatic heterocycles. The number of fused-ring (bicyclic) bond motifs is 1. The Morgan fingerprint density at radius 1 is 1.40 bits per heavy atom. The molecule has 1 aliphatic heterocycles. The van der Waals surface area contributed by atoms with E-state index in [-0.39, 0.29) is 23.5 Å². The van der Waals surface area contributed by atoms with Crippen molar-refractivity contribution in [2.45, 2.75) is 36.8 Å². The monoisotopic (exact) mass is 295 g/mol. The molecule has 5 heteroatoms. The molecule has 1 atom stereocenters. The molecule has 2 rings (SSSR count). The van der Waals surface area contributed by atoms with Crippen LogP contribution < -0.4 is 4.90 Å². The number of amides is 1. The quantitative estimate of drug-likeness (QED) is 0.781. The van der Waals surface area contributed by atoms with Gasteiger partial charge in [0.1, 0.15) is 6.67 Å². The van der Waals surface area contributed by atoms with Crippen LogP contribution in [0.3, 0.4) is 0 Å². The number of alkyl halides is 1. The highest BCUT2D eigenvalue weighted by atomic mass is 32.2. The molecule has 0 spiro atoms. The van der Waals surface area contributed by atoms with E-state index in [4.69, 9.17) is 0 Å². The fourth-order valence-electron chi connectivity index (χ4n) is 2.27. The van der Waals surface area contributed by atoms with Crippen molar-refractivity contribution in [1.29, 1.82) is 0 Å². The Labute approximate surface area is 122 Å². The minimum atomic E-state index is -0.585. The topological polar surface area (TPSA) is 37.4 Å². The van der Waals surface area contributed by atoms with E-state index in [0.29, 0.717) is 24.1 Å². The smallest absolute Gasteiger partial charge is 0.240 e. The maximum atomic E-state index is 12.7. The van der Waals surface area contributed by atoms with E-state index in [9.17, 15) is 14.0 Å². The number of benzene rings is 1. The molecule has 0 saturated heterocycles. The zero-order valence-electron chi connectivity index (χ0n) is 11.7. The van der Waals surface area contributed by atoms with E-state index in [2.05, 4.69) is 0 Å². The molecule has 0 radical (unpaired) electrons. The second-order valence-electron chi connectivity index (χ2n) is 4.65. The second-order valence-corrected chi connectivity index (χ2v) is 5.90. The molecule has 108 valence electrons. The first-order chi connectivity index (χ1) is 9.62. The van der Waals surface area contributed by atoms with Crippen LogP contribution in [-0.4, -0.2) is 30.2 Å². The van der Waals surface area contributed by atoms with Gasteiger partial charge in [-0.25, -0.2) is 4.39 Å². The van der Waals surface area contributed by atoms with Crippen molar-refractivity contribution in [3.8, 4) is 0 Å². The molecule has 0 aliphatic carbocycles. The lowest BCUT2D eigenvalue weighted by atomic mass is 10.1. The summed E-state index contributed by atoms with van der Waals surface area (Å²) in [5, 5.41) is -0.165. The number of ketones is 1. The van der Waals surface area contributed by atoms with E-state index in [1.54, 1.807) is 19.1 Å². The van der Waals surface area contributed by atoms with Gasteiger partial charge in [0.25, 0.3) is 0 Å². The molecule has 1 unspecified atom stereocenters. The van der Waals surface area contributed by atoms with Crippen LogP contribution in [0.5, 0.6) is 0 Å². The van der Waals surface area contributed by atoms with Crippen molar-refractivity contribution in [2.24, 2.45) is 0 Å². The minimum Gasteiger partial charge on any atom is -0.308 e. The van der Waals surface area contributed by atoms with Crippen molar-refractivity contribution in [2.75, 3.05) is 18.1 Å². The number of halogens is 1. The van der Waals surface area contributed by atoms with Crippen molar-refractivity contribution < 1.29 is 14.0 Å². The van der Waals surface area contributed by atoms with Crippen LogP contribution in [0, 0.1) is 0 Å². The molecule has 20 heavy (non-hydrogen) atoms. The molecular formula is C15H18FNO2S. The minimum absolute atomic E-state index is 0.0306. The summed E-state index contributed by atoms with van der Waals surface area (Å²) >= 11 is 1.50. The van der Waals surface area contributed by atoms with Gasteiger partial charge in [0.2, 0.25) is 5.91 Å². The second kappa shape index (κ2) is 6.39. The van der Waals surface area contributed by atoms with Gasteiger partial charge in [-0.05, 0) is 18.6 Å². The highest BCUT2D eigenvalue weighted by Crippen LogP contribution is 2.40. The first-order valence-electron chi connectivity index (χ1n) is 6.83. The summed E-state index contributed by atoms with van der Waals surface area (Å²) in [6.45, 7) is 3.21. The van der Waals surface area contributed by atoms with Gasteiger partial charge in [-0.2, -0.15) is 0 Å². The number of nitrogens with zero attached hydrogens (tertiary/aromatic N) is 1. The van der Waals surface area contributed by atoms with Crippen LogP contribution in [0.15, 0.2) is 23.1 Å². The number of Topliss-reactive ketones (excluding diaryl/α,β-unsaturated/α-hetero) is 1. The predicted molar refractivity (Wildman–Crippen MR) is 79.3 cm³/mol. The predicted octanol–water partition coefficient (Wildman–Crippen LogP) is 3.47. The van der Waals surface area contributed by atoms with Crippen LogP contribution in [0.1, 0.15) is 37.0 Å². The van der Waals surface area contributed by atoms with Gasteiger partial charge in [0.05, 0.1) is 17.5 Å². The highest BCUT2D eigenvalue weighted by molar-refractivity contribution is 8.01. The average Bonchev–Trinajstić information content (AvgIpc) is 2.48. The number of hydrogen-bond acceptors (Lipinski definition) is 3. The molecule has 0 saturated carbocycles. The Balaban J connectivity index is 2.44. The zero-order valence-corrected chi connectivity index (χ0v) is 12.5. The average molecular weight is 295 g/mol. The van der Waals surface area contributed by atoms with E-state index in [1.807, 2.05) is 13.0 Å². The number of carbonyl (C=O) groups is 2. The van der Waals surface area contributed by atoms with Gasteiger partial charge in [0.15, 0.2) is 5.78 Å². The third kappa shape index (κ3) is 2.73. The summed E-state index contributed by atoms with van der Waals surface area (Å²) in [4.78, 5) is 26.5. The fourth-order valence-corrected chi connectivity index (χ4v) is 3.41. The SMILES string of the molecule is CCC(=O)c1ccc2c(c1)N(CCF)C(=O)C(CC)S2. The van der Waals surface area contributed by atoms with Crippen LogP contribution >= 0.6 is 11.8 Å². The molecule has 1 aromatic rings. The number of hydrogen-bond donors (Lipinski definition) is 0. The Morgan fingerprint density at radius 3 is 2.75 bits per heavy atom. The molecule has 0 bridgehead atoms. The van der Waals surface area contributed by atoms with Crippen LogP contribution in [0.4, 0.5) is 10.1 Å². The summed E-state index contributed by atoms with van der Waals surface area (Å²) < 4.78 is 12.7. The maximum absolute atomic E-state index is 12.7. The van der Waals surface area contributed by atoms with Crippen molar-refractivity contribution in [3.63, 3.8) is 0 Å². The number of rotatable bonds is 5. The Hall–Kier alpha value is -1.36. The lowest BCUT2D eigenvalue weighted by molar-refractivity contribution is -0.118. The third-order valence-electron chi connectivity index (χ3n) is 3.38. The van der Waals surface area contributed by atoms with Gasteiger partial charge < -0.3 is 4.90 Å². The van der Waals surface area contributed by atoms with Crippen LogP contribution in [0.25, 0.3) is 0 Å². The molecule has 0 N–H and O–H groups in total. The van der Waals surface area contributed by atoms with Gasteiger partial charge in [-0.15, -0.1) is 11.8 Å². The van der Waals surface area contributed by atoms with E-state index in [1.165, 1.54) is 16.7 Å². The van der Waals surface area contributed by atoms with Crippen LogP contribution in [-0.2, 0) is 4.79 Å². The van der Waals surface area contributed by atoms with Crippen molar-refractivity contribution in [3.05, 3.63) is 23.8 Å². The van der Waals surface area contributed by atoms with Crippen LogP contribution in [0.2, 0.25) is 0 Å². The summed E-state index contributed by atoms with van der Waals surface area (Å²) in [6.07, 6.45) is 1.13. The molecule has 0 fully saturated rings. The number of anilines is 1. The first-order valence-corrected chi connectivity index (χ1v) is 7.71. The van der Waals surface area contributed by atoms with E-state index in [0.717, 1.165) is 4.90 Å². The zero-order chi connectivity index (χ0) is 14.7. The molecule has 1 amide bonds. The third-order valence-corrected chi connectivity index (χ3v) is 4.80. The number of carbonyl (C=O) groups excluding carboxylic acids is 2. The first kappa shape index (κ1) is 15.0. The molecule has 3 nitrogen and oxygen atoms in total. The fraction of sp³-hybridized carbons (Fsp3) is 0.467. The number of thioether (sulfide) groups is 1. The Bertz CT molecular complexity index is 533. The molecular weight excluding hydrogens is 277 g/mol. The van der Waals surface area contributed by atoms with Gasteiger partial charge in [-0.3, -0.25) is 9.59 Å². The lowest BCUT2D eigenvalue weighted by Gasteiger charge is -2.33. The molecule has 1 aliphatic rings. The molecule has 1 aromatic carbocycles. The summed E-state index contributed by atoms with van der Waals surface area (Å²) in [7, 11) is 0. The van der Waals surface area contributed by atoms with Gasteiger partial charge >= 0.3 is 0 Å². The summed E-state index contributed by atoms with van der Waals surface area (Å²) in [5.74, 6) is -0.0354. The Kier molecular flexibility index (Phi) is 4.81. The lowest BCUT2D eigenvalue weighted by Crippen LogP contribution is -2.42. The van der Waals surface area contributed by atoms with Gasteiger partial charge in [-0.1, -0.05) is 19.9 Å². The summed E-state index contributed by atoms with van der Waals surface area (Å²) in [5.41, 5.74) is 1.25. The maximum Gasteiger partial charge on any atom is 0.240 e. The standard InChI is InChI=1S/C15H18FNO2S/c1-3-12(18)10-5-6-14-11(9-10)17(8-7-16)15(19)13(4-2)20-14/h5-6,9,13H,3-4,7-8H2,1-2H3. The highest BCUT2D eigenvalue weighted by Gasteiger charge is 2.32. The Morgan fingerprint density at radius 2 is 2.15 bits per heavy atom. The largest absolute Gasteiger partial charge is 0.308 e. The molecule has 1 heterocycles. The van der Waals surface area contributed by atoms with E-state index >= 15 is 0 Å². The van der Waals surface area contributed by atoms with E-state index < -0.39 is 6.67 Å². The normalized spacial score (nSPS) is 18.1. The van der Waals surface area contributed by atoms with Gasteiger partial charge in [0, 0.05) is 16.9 Å². The van der Waals surface area contributed by atoms with Crippen molar-refractivity contribution in [1.82, 2.24) is 0 Å².